The molecule has 0 radical (unpaired) electrons. The molecule has 1 aliphatic heterocycles. The molecular weight excluding hydrogens is 620 g/mol. The number of nitrogens with two attached hydrogens (primary N) is 1. The van der Waals surface area contributed by atoms with Gasteiger partial charge in [-0.2, -0.15) is 0 Å². The van der Waals surface area contributed by atoms with E-state index < -0.39 is 36.6 Å². The van der Waals surface area contributed by atoms with Gasteiger partial charge in [-0.25, -0.2) is 9.59 Å². The van der Waals surface area contributed by atoms with Gasteiger partial charge in [-0.15, -0.1) is 0 Å². The van der Waals surface area contributed by atoms with Crippen molar-refractivity contribution in [1.29, 1.82) is 0 Å². The fourth-order valence-corrected chi connectivity index (χ4v) is 5.89. The second kappa shape index (κ2) is 20.0. The molecule has 5 N–H and O–H groups in total. The molecule has 13 heteroatoms. The van der Waals surface area contributed by atoms with Gasteiger partial charge in [0.15, 0.2) is 17.6 Å². The van der Waals surface area contributed by atoms with Gasteiger partial charge in [0.2, 0.25) is 0 Å². The number of carbonyl (C=O) groups excluding carboxylic acids is 3. The van der Waals surface area contributed by atoms with Crippen molar-refractivity contribution < 1.29 is 43.2 Å². The van der Waals surface area contributed by atoms with Crippen molar-refractivity contribution in [3.8, 4) is 11.5 Å². The Morgan fingerprint density at radius 1 is 1.12 bits per heavy atom. The van der Waals surface area contributed by atoms with Crippen LogP contribution >= 0.6 is 0 Å². The molecule has 0 spiro atoms. The minimum atomic E-state index is -0.946. The van der Waals surface area contributed by atoms with Gasteiger partial charge in [-0.1, -0.05) is 26.0 Å². The van der Waals surface area contributed by atoms with Gasteiger partial charge in [0.1, 0.15) is 0 Å². The monoisotopic (exact) mass is 676 g/mol. The van der Waals surface area contributed by atoms with Crippen molar-refractivity contribution in [3.05, 3.63) is 41.0 Å². The number of rotatable bonds is 9. The number of ether oxygens (including phenoxy) is 5. The number of aliphatic hydroxyl groups excluding tert-OH is 1. The molecule has 0 unspecified atom stereocenters. The number of anilines is 1. The molecule has 0 fully saturated rings. The van der Waals surface area contributed by atoms with E-state index >= 15 is 0 Å². The summed E-state index contributed by atoms with van der Waals surface area (Å²) in [7, 11) is 8.08. The number of benzene rings is 1. The predicted octanol–water partition coefficient (Wildman–Crippen LogP) is 4.42. The highest BCUT2D eigenvalue weighted by molar-refractivity contribution is 6.03. The van der Waals surface area contributed by atoms with Crippen molar-refractivity contribution in [2.75, 3.05) is 53.8 Å². The van der Waals surface area contributed by atoms with Crippen LogP contribution in [-0.4, -0.2) is 101 Å². The van der Waals surface area contributed by atoms with Crippen LogP contribution in [-0.2, 0) is 25.4 Å². The van der Waals surface area contributed by atoms with Crippen LogP contribution in [0, 0.1) is 11.8 Å². The number of methoxy groups -OCH3 is 3. The van der Waals surface area contributed by atoms with Crippen LogP contribution in [0.1, 0.15) is 58.9 Å². The highest BCUT2D eigenvalue weighted by atomic mass is 16.6. The third-order valence-corrected chi connectivity index (χ3v) is 8.57. The van der Waals surface area contributed by atoms with Gasteiger partial charge in [-0.05, 0) is 77.1 Å². The molecule has 0 saturated carbocycles. The number of amides is 3. The van der Waals surface area contributed by atoms with Crippen LogP contribution in [0.2, 0.25) is 0 Å². The van der Waals surface area contributed by atoms with Crippen molar-refractivity contribution in [2.24, 2.45) is 17.6 Å². The standard InChI is InChI=1S/C35H56N4O9/c1-21-16-25-19-26(20-29(32(25)46-9)47-35(43)39(6)15-11-14-37-5)38-33(41)22(2)12-10-13-27(44-7)31(48-34(36)42)24(4)18-23(3)30(40)28(17-21)45-8/h12,18-21,23,27-28,30-31,37,40H,10-11,13-17H2,1-9H3,(H2,36,42)(H,38,41)/b22-12+,24-18+/t21-,23+,27+,28+,30-,31+/m1/s1. The van der Waals surface area contributed by atoms with Gasteiger partial charge in [0, 0.05) is 56.6 Å². The lowest BCUT2D eigenvalue weighted by atomic mass is 9.88. The van der Waals surface area contributed by atoms with Crippen molar-refractivity contribution in [2.45, 2.75) is 84.2 Å². The average molecular weight is 677 g/mol. The summed E-state index contributed by atoms with van der Waals surface area (Å²) < 4.78 is 28.5. The van der Waals surface area contributed by atoms with E-state index in [-0.39, 0.29) is 23.5 Å². The zero-order chi connectivity index (χ0) is 36.0. The highest BCUT2D eigenvalue weighted by Crippen LogP contribution is 2.38. The minimum absolute atomic E-state index is 0.0398. The predicted molar refractivity (Wildman–Crippen MR) is 184 cm³/mol. The van der Waals surface area contributed by atoms with Crippen LogP contribution in [0.25, 0.3) is 0 Å². The number of fused-ring (bicyclic) bond motifs is 2. The molecule has 0 aliphatic carbocycles. The normalized spacial score (nSPS) is 26.7. The third-order valence-electron chi connectivity index (χ3n) is 8.57. The number of allylic oxidation sites excluding steroid dienone is 1. The maximum Gasteiger partial charge on any atom is 0.415 e. The number of nitrogens with one attached hydrogen (secondary N) is 2. The van der Waals surface area contributed by atoms with Gasteiger partial charge in [0.25, 0.3) is 5.91 Å². The summed E-state index contributed by atoms with van der Waals surface area (Å²) in [5, 5.41) is 17.4. The lowest BCUT2D eigenvalue weighted by molar-refractivity contribution is -0.112. The minimum Gasteiger partial charge on any atom is -0.493 e. The topological polar surface area (TPSA) is 171 Å². The first-order valence-corrected chi connectivity index (χ1v) is 16.4. The first-order valence-electron chi connectivity index (χ1n) is 16.4. The van der Waals surface area contributed by atoms with E-state index in [2.05, 4.69) is 10.6 Å². The van der Waals surface area contributed by atoms with Crippen LogP contribution in [0.4, 0.5) is 15.3 Å². The Labute approximate surface area is 285 Å². The average Bonchev–Trinajstić information content (AvgIpc) is 3.03. The third kappa shape index (κ3) is 12.1. The Balaban J connectivity index is 2.59. The van der Waals surface area contributed by atoms with Crippen molar-refractivity contribution in [3.63, 3.8) is 0 Å². The van der Waals surface area contributed by atoms with Crippen LogP contribution in [0.3, 0.4) is 0 Å². The Bertz CT molecular complexity index is 1280. The Morgan fingerprint density at radius 2 is 1.81 bits per heavy atom. The molecule has 1 aromatic carbocycles. The summed E-state index contributed by atoms with van der Waals surface area (Å²) in [4.78, 5) is 39.7. The van der Waals surface area contributed by atoms with E-state index in [4.69, 9.17) is 29.4 Å². The number of aliphatic hydroxyl groups is 1. The molecule has 13 nitrogen and oxygen atoms in total. The molecule has 1 heterocycles. The second-order valence-electron chi connectivity index (χ2n) is 12.5. The molecule has 2 bridgehead atoms. The molecule has 3 amide bonds. The summed E-state index contributed by atoms with van der Waals surface area (Å²) in [6.45, 7) is 8.61. The Kier molecular flexibility index (Phi) is 16.9. The maximum absolute atomic E-state index is 13.3. The molecular formula is C35H56N4O9. The van der Waals surface area contributed by atoms with E-state index in [1.807, 2.05) is 33.0 Å². The molecule has 48 heavy (non-hydrogen) atoms. The van der Waals surface area contributed by atoms with E-state index in [1.54, 1.807) is 40.1 Å². The smallest absolute Gasteiger partial charge is 0.415 e. The molecule has 270 valence electrons. The van der Waals surface area contributed by atoms with Crippen LogP contribution in [0.5, 0.6) is 11.5 Å². The SMILES string of the molecule is CNCCCN(C)C(=O)Oc1cc2cc(c1OC)C[C@@H](C)C[C@H](OC)[C@H](O)[C@@H](C)/C=C(\C)[C@H](OC(N)=O)[C@@H](OC)CC/C=C(\C)C(=O)N2. The first kappa shape index (κ1) is 40.5. The molecule has 2 rings (SSSR count). The highest BCUT2D eigenvalue weighted by Gasteiger charge is 2.30. The fourth-order valence-electron chi connectivity index (χ4n) is 5.89. The van der Waals surface area contributed by atoms with E-state index in [0.717, 1.165) is 13.0 Å². The number of hydrogen-bond acceptors (Lipinski definition) is 10. The lowest BCUT2D eigenvalue weighted by Gasteiger charge is -2.30. The van der Waals surface area contributed by atoms with Crippen molar-refractivity contribution in [1.82, 2.24) is 10.2 Å². The van der Waals surface area contributed by atoms with Gasteiger partial charge < -0.3 is 50.1 Å². The maximum atomic E-state index is 13.3. The van der Waals surface area contributed by atoms with Gasteiger partial charge in [0.05, 0.1) is 25.4 Å². The number of nitrogens with zero attached hydrogens (tertiary/aromatic N) is 1. The zero-order valence-electron chi connectivity index (χ0n) is 30.0. The van der Waals surface area contributed by atoms with Crippen LogP contribution < -0.4 is 25.8 Å². The Hall–Kier alpha value is -3.65. The first-order chi connectivity index (χ1) is 22.8. The number of hydrogen-bond donors (Lipinski definition) is 4. The van der Waals surface area contributed by atoms with E-state index in [1.165, 1.54) is 19.1 Å². The molecule has 1 aliphatic rings. The summed E-state index contributed by atoms with van der Waals surface area (Å²) in [5.74, 6) is -0.204. The second-order valence-corrected chi connectivity index (χ2v) is 12.5. The van der Waals surface area contributed by atoms with Crippen molar-refractivity contribution >= 4 is 23.8 Å². The number of carbonyl (C=O) groups is 3. The summed E-state index contributed by atoms with van der Waals surface area (Å²) in [6.07, 6.45) is 1.84. The summed E-state index contributed by atoms with van der Waals surface area (Å²) in [5.41, 5.74) is 7.68. The Morgan fingerprint density at radius 3 is 2.42 bits per heavy atom. The number of primary amides is 1. The van der Waals surface area contributed by atoms with Gasteiger partial charge >= 0.3 is 12.2 Å². The summed E-state index contributed by atoms with van der Waals surface area (Å²) >= 11 is 0. The summed E-state index contributed by atoms with van der Waals surface area (Å²) in [6, 6.07) is 3.38. The fraction of sp³-hybridized carbons (Fsp3) is 0.629. The molecule has 6 atom stereocenters. The van der Waals surface area contributed by atoms with Crippen LogP contribution in [0.15, 0.2) is 35.4 Å². The van der Waals surface area contributed by atoms with Gasteiger partial charge in [-0.3, -0.25) is 4.79 Å². The largest absolute Gasteiger partial charge is 0.493 e. The zero-order valence-corrected chi connectivity index (χ0v) is 30.0. The molecule has 0 aromatic heterocycles. The van der Waals surface area contributed by atoms with E-state index in [9.17, 15) is 19.5 Å². The van der Waals surface area contributed by atoms with E-state index in [0.29, 0.717) is 60.4 Å². The molecule has 0 saturated heterocycles. The molecule has 1 aromatic rings. The quantitative estimate of drug-likeness (QED) is 0.217. The lowest BCUT2D eigenvalue weighted by Crippen LogP contribution is -2.37.